The minimum absolute atomic E-state index is 0.00849. The zero-order chi connectivity index (χ0) is 14.5. The number of carbonyl (C=O) groups is 1. The van der Waals surface area contributed by atoms with Gasteiger partial charge in [0.05, 0.1) is 0 Å². The maximum Gasteiger partial charge on any atom is 0.321 e. The third-order valence-electron chi connectivity index (χ3n) is 4.61. The first kappa shape index (κ1) is 14.2. The first-order valence-electron chi connectivity index (χ1n) is 8.22. The summed E-state index contributed by atoms with van der Waals surface area (Å²) in [5.41, 5.74) is 2.13. The number of nitrogens with zero attached hydrogens (tertiary/aromatic N) is 1. The van der Waals surface area contributed by atoms with E-state index in [0.29, 0.717) is 0 Å². The van der Waals surface area contributed by atoms with E-state index in [0.717, 1.165) is 36.9 Å². The minimum atomic E-state index is 0.00849. The maximum atomic E-state index is 11.6. The third-order valence-corrected chi connectivity index (χ3v) is 4.61. The molecule has 1 saturated carbocycles. The molecule has 1 aromatic carbocycles. The van der Waals surface area contributed by atoms with E-state index in [1.54, 1.807) is 4.90 Å². The van der Waals surface area contributed by atoms with Gasteiger partial charge in [0, 0.05) is 31.0 Å². The van der Waals surface area contributed by atoms with Crippen molar-refractivity contribution in [2.75, 3.05) is 29.9 Å². The molecule has 3 rings (SSSR count). The van der Waals surface area contributed by atoms with Gasteiger partial charge in [0.1, 0.15) is 0 Å². The molecule has 21 heavy (non-hydrogen) atoms. The van der Waals surface area contributed by atoms with Gasteiger partial charge in [-0.2, -0.15) is 0 Å². The summed E-state index contributed by atoms with van der Waals surface area (Å²) in [5, 5.41) is 6.38. The fourth-order valence-corrected chi connectivity index (χ4v) is 3.31. The molecule has 2 aliphatic rings. The van der Waals surface area contributed by atoms with Crippen LogP contribution in [0.3, 0.4) is 0 Å². The van der Waals surface area contributed by atoms with Crippen LogP contribution >= 0.6 is 0 Å². The molecular formula is C17H25N3O. The van der Waals surface area contributed by atoms with Gasteiger partial charge in [0.25, 0.3) is 0 Å². The Morgan fingerprint density at radius 3 is 2.43 bits per heavy atom. The molecule has 114 valence electrons. The van der Waals surface area contributed by atoms with Crippen LogP contribution in [0.1, 0.15) is 38.5 Å². The number of rotatable bonds is 4. The second-order valence-corrected chi connectivity index (χ2v) is 6.17. The monoisotopic (exact) mass is 287 g/mol. The van der Waals surface area contributed by atoms with Gasteiger partial charge in [-0.05, 0) is 43.0 Å². The highest BCUT2D eigenvalue weighted by Gasteiger charge is 2.20. The average Bonchev–Trinajstić information content (AvgIpc) is 2.78. The van der Waals surface area contributed by atoms with Gasteiger partial charge < -0.3 is 10.6 Å². The first-order valence-corrected chi connectivity index (χ1v) is 8.22. The summed E-state index contributed by atoms with van der Waals surface area (Å²) in [7, 11) is 0. The number of carbonyl (C=O) groups excluding carboxylic acids is 1. The standard InChI is InChI=1S/C17H25N3O/c21-17-18-11-12-20(17)16-9-7-15(8-10-16)19-13-14-5-3-1-2-4-6-14/h7-10,14,19H,1-6,11-13H2,(H,18,21). The fourth-order valence-electron chi connectivity index (χ4n) is 3.31. The van der Waals surface area contributed by atoms with Gasteiger partial charge in [-0.25, -0.2) is 4.79 Å². The van der Waals surface area contributed by atoms with Gasteiger partial charge in [-0.3, -0.25) is 4.90 Å². The largest absolute Gasteiger partial charge is 0.385 e. The van der Waals surface area contributed by atoms with E-state index in [4.69, 9.17) is 0 Å². The van der Waals surface area contributed by atoms with Crippen LogP contribution in [0.4, 0.5) is 16.2 Å². The molecule has 2 fully saturated rings. The number of benzene rings is 1. The zero-order valence-corrected chi connectivity index (χ0v) is 12.6. The van der Waals surface area contributed by atoms with Crippen molar-refractivity contribution in [1.82, 2.24) is 5.32 Å². The van der Waals surface area contributed by atoms with Crippen molar-refractivity contribution in [1.29, 1.82) is 0 Å². The van der Waals surface area contributed by atoms with E-state index in [9.17, 15) is 4.79 Å². The molecule has 1 aliphatic heterocycles. The molecule has 0 bridgehead atoms. The Bertz CT molecular complexity index is 463. The van der Waals surface area contributed by atoms with E-state index < -0.39 is 0 Å². The van der Waals surface area contributed by atoms with Gasteiger partial charge in [0.2, 0.25) is 0 Å². The predicted octanol–water partition coefficient (Wildman–Crippen LogP) is 3.60. The number of amides is 2. The molecule has 1 aromatic rings. The highest BCUT2D eigenvalue weighted by atomic mass is 16.2. The molecule has 0 spiro atoms. The van der Waals surface area contributed by atoms with Crippen molar-refractivity contribution < 1.29 is 4.79 Å². The van der Waals surface area contributed by atoms with Crippen LogP contribution in [0.25, 0.3) is 0 Å². The Balaban J connectivity index is 1.53. The van der Waals surface area contributed by atoms with Crippen molar-refractivity contribution in [2.45, 2.75) is 38.5 Å². The summed E-state index contributed by atoms with van der Waals surface area (Å²) in [4.78, 5) is 13.4. The van der Waals surface area contributed by atoms with Crippen LogP contribution in [-0.2, 0) is 0 Å². The van der Waals surface area contributed by atoms with Crippen LogP contribution in [0.2, 0.25) is 0 Å². The molecule has 1 saturated heterocycles. The predicted molar refractivity (Wildman–Crippen MR) is 86.9 cm³/mol. The number of hydrogen-bond acceptors (Lipinski definition) is 2. The zero-order valence-electron chi connectivity index (χ0n) is 12.6. The third kappa shape index (κ3) is 3.69. The van der Waals surface area contributed by atoms with E-state index in [1.165, 1.54) is 38.5 Å². The van der Waals surface area contributed by atoms with E-state index in [2.05, 4.69) is 22.8 Å². The van der Waals surface area contributed by atoms with E-state index in [-0.39, 0.29) is 6.03 Å². The van der Waals surface area contributed by atoms with Crippen molar-refractivity contribution in [3.8, 4) is 0 Å². The molecule has 4 nitrogen and oxygen atoms in total. The van der Waals surface area contributed by atoms with Crippen LogP contribution in [-0.4, -0.2) is 25.7 Å². The summed E-state index contributed by atoms with van der Waals surface area (Å²) in [6, 6.07) is 8.23. The summed E-state index contributed by atoms with van der Waals surface area (Å²) >= 11 is 0. The molecule has 2 amide bonds. The average molecular weight is 287 g/mol. The van der Waals surface area contributed by atoms with Crippen LogP contribution in [0.15, 0.2) is 24.3 Å². The number of anilines is 2. The minimum Gasteiger partial charge on any atom is -0.385 e. The molecule has 0 unspecified atom stereocenters. The lowest BCUT2D eigenvalue weighted by Crippen LogP contribution is -2.27. The van der Waals surface area contributed by atoms with Crippen LogP contribution in [0, 0.1) is 5.92 Å². The molecule has 2 N–H and O–H groups in total. The lowest BCUT2D eigenvalue weighted by atomic mass is 10.0. The lowest BCUT2D eigenvalue weighted by Gasteiger charge is -2.17. The lowest BCUT2D eigenvalue weighted by molar-refractivity contribution is 0.252. The first-order chi connectivity index (χ1) is 10.3. The number of urea groups is 1. The summed E-state index contributed by atoms with van der Waals surface area (Å²) in [6.45, 7) is 2.57. The summed E-state index contributed by atoms with van der Waals surface area (Å²) in [6.07, 6.45) is 8.30. The highest BCUT2D eigenvalue weighted by molar-refractivity contribution is 5.94. The van der Waals surface area contributed by atoms with E-state index >= 15 is 0 Å². The molecule has 0 atom stereocenters. The Labute approximate surface area is 126 Å². The Morgan fingerprint density at radius 1 is 1.10 bits per heavy atom. The normalized spacial score (nSPS) is 20.2. The maximum absolute atomic E-state index is 11.6. The molecule has 4 heteroatoms. The fraction of sp³-hybridized carbons (Fsp3) is 0.588. The molecule has 1 aliphatic carbocycles. The second kappa shape index (κ2) is 6.83. The van der Waals surface area contributed by atoms with Gasteiger partial charge in [-0.15, -0.1) is 0 Å². The SMILES string of the molecule is O=C1NCCN1c1ccc(NCC2CCCCCC2)cc1. The van der Waals surface area contributed by atoms with E-state index in [1.807, 2.05) is 12.1 Å². The van der Waals surface area contributed by atoms with Crippen molar-refractivity contribution in [2.24, 2.45) is 5.92 Å². The Hall–Kier alpha value is -1.71. The van der Waals surface area contributed by atoms with Gasteiger partial charge in [0.15, 0.2) is 0 Å². The Morgan fingerprint density at radius 2 is 1.81 bits per heavy atom. The van der Waals surface area contributed by atoms with Crippen molar-refractivity contribution >= 4 is 17.4 Å². The van der Waals surface area contributed by atoms with Crippen LogP contribution in [0.5, 0.6) is 0 Å². The summed E-state index contributed by atoms with van der Waals surface area (Å²) < 4.78 is 0. The van der Waals surface area contributed by atoms with Crippen molar-refractivity contribution in [3.05, 3.63) is 24.3 Å². The molecule has 0 aromatic heterocycles. The highest BCUT2D eigenvalue weighted by Crippen LogP contribution is 2.24. The topological polar surface area (TPSA) is 44.4 Å². The van der Waals surface area contributed by atoms with Crippen molar-refractivity contribution in [3.63, 3.8) is 0 Å². The van der Waals surface area contributed by atoms with Gasteiger partial charge >= 0.3 is 6.03 Å². The Kier molecular flexibility index (Phi) is 4.63. The smallest absolute Gasteiger partial charge is 0.321 e. The molecule has 0 radical (unpaired) electrons. The summed E-state index contributed by atoms with van der Waals surface area (Å²) in [5.74, 6) is 0.816. The molecular weight excluding hydrogens is 262 g/mol. The number of nitrogens with one attached hydrogen (secondary N) is 2. The quantitative estimate of drug-likeness (QED) is 0.831. The molecule has 1 heterocycles. The second-order valence-electron chi connectivity index (χ2n) is 6.17. The van der Waals surface area contributed by atoms with Crippen LogP contribution < -0.4 is 15.5 Å². The van der Waals surface area contributed by atoms with Gasteiger partial charge in [-0.1, -0.05) is 25.7 Å². The number of hydrogen-bond donors (Lipinski definition) is 2.